The van der Waals surface area contributed by atoms with E-state index in [4.69, 9.17) is 0 Å². The van der Waals surface area contributed by atoms with Gasteiger partial charge in [0.25, 0.3) is 0 Å². The summed E-state index contributed by atoms with van der Waals surface area (Å²) in [7, 11) is 1.91. The van der Waals surface area contributed by atoms with Crippen molar-refractivity contribution in [2.75, 3.05) is 30.4 Å². The highest BCUT2D eigenvalue weighted by molar-refractivity contribution is 6.03. The van der Waals surface area contributed by atoms with Crippen LogP contribution in [0, 0.1) is 11.6 Å². The lowest BCUT2D eigenvalue weighted by Gasteiger charge is -2.57. The average molecular weight is 359 g/mol. The summed E-state index contributed by atoms with van der Waals surface area (Å²) >= 11 is 0. The molecule has 2 heterocycles. The van der Waals surface area contributed by atoms with Crippen molar-refractivity contribution in [2.45, 2.75) is 18.0 Å². The molecule has 2 aromatic carbocycles. The van der Waals surface area contributed by atoms with Crippen molar-refractivity contribution in [3.05, 3.63) is 59.7 Å². The Labute approximate surface area is 149 Å². The van der Waals surface area contributed by atoms with Crippen molar-refractivity contribution < 1.29 is 18.7 Å². The van der Waals surface area contributed by atoms with Gasteiger partial charge in [0.1, 0.15) is 11.6 Å². The summed E-state index contributed by atoms with van der Waals surface area (Å²) < 4.78 is 27.2. The Morgan fingerprint density at radius 2 is 2.04 bits per heavy atom. The Morgan fingerprint density at radius 1 is 1.27 bits per heavy atom. The number of carbonyl (C=O) groups is 1. The number of nitrogens with one attached hydrogen (secondary N) is 1. The number of likely N-dealkylation sites (tertiary alicyclic amines) is 1. The normalized spacial score (nSPS) is 24.5. The third-order valence-electron chi connectivity index (χ3n) is 5.43. The van der Waals surface area contributed by atoms with E-state index < -0.39 is 17.7 Å². The molecule has 26 heavy (non-hydrogen) atoms. The number of hydrogen-bond donors (Lipinski definition) is 2. The lowest BCUT2D eigenvalue weighted by Crippen LogP contribution is -2.68. The molecule has 0 radical (unpaired) electrons. The van der Waals surface area contributed by atoms with Gasteiger partial charge in [-0.05, 0) is 30.8 Å². The van der Waals surface area contributed by atoms with E-state index in [0.717, 1.165) is 29.4 Å². The monoisotopic (exact) mass is 359 g/mol. The fourth-order valence-corrected chi connectivity index (χ4v) is 4.08. The van der Waals surface area contributed by atoms with Gasteiger partial charge in [0.15, 0.2) is 0 Å². The van der Waals surface area contributed by atoms with Gasteiger partial charge < -0.3 is 10.4 Å². The first-order chi connectivity index (χ1) is 12.5. The molecule has 7 heteroatoms. The number of para-hydroxylation sites is 1. The number of likely N-dealkylation sites (N-methyl/N-ethyl adjacent to an activating group) is 1. The minimum Gasteiger partial charge on any atom is -0.395 e. The van der Waals surface area contributed by atoms with Crippen molar-refractivity contribution >= 4 is 17.4 Å². The van der Waals surface area contributed by atoms with E-state index in [-0.39, 0.29) is 30.3 Å². The van der Waals surface area contributed by atoms with Gasteiger partial charge in [0, 0.05) is 36.3 Å². The summed E-state index contributed by atoms with van der Waals surface area (Å²) in [6.07, 6.45) is 0. The molecule has 1 saturated heterocycles. The van der Waals surface area contributed by atoms with E-state index in [9.17, 15) is 18.7 Å². The van der Waals surface area contributed by atoms with Gasteiger partial charge in [-0.25, -0.2) is 13.6 Å². The molecule has 2 aromatic rings. The summed E-state index contributed by atoms with van der Waals surface area (Å²) in [5.41, 5.74) is 1.52. The molecule has 2 amide bonds. The van der Waals surface area contributed by atoms with Crippen LogP contribution in [0.5, 0.6) is 0 Å². The molecule has 0 aliphatic carbocycles. The SMILES string of the molecule is CN1[C@@H](CO)[C@@H]2c3ccccc3N(C(=O)Nc3cc(F)ccc3F)C[C@@H]21. The maximum absolute atomic E-state index is 13.9. The zero-order chi connectivity index (χ0) is 18.4. The highest BCUT2D eigenvalue weighted by Gasteiger charge is 2.51. The van der Waals surface area contributed by atoms with Crippen molar-refractivity contribution in [1.29, 1.82) is 0 Å². The predicted octanol–water partition coefficient (Wildman–Crippen LogP) is 2.78. The van der Waals surface area contributed by atoms with Crippen LogP contribution >= 0.6 is 0 Å². The Hall–Kier alpha value is -2.51. The minimum atomic E-state index is -0.691. The fourth-order valence-electron chi connectivity index (χ4n) is 4.08. The molecule has 3 atom stereocenters. The number of carbonyl (C=O) groups excluding carboxylic acids is 1. The molecule has 136 valence electrons. The number of aliphatic hydroxyl groups is 1. The highest BCUT2D eigenvalue weighted by atomic mass is 19.1. The topological polar surface area (TPSA) is 55.8 Å². The van der Waals surface area contributed by atoms with Gasteiger partial charge in [-0.1, -0.05) is 18.2 Å². The second kappa shape index (κ2) is 6.34. The summed E-state index contributed by atoms with van der Waals surface area (Å²) in [6, 6.07) is 10.0. The van der Waals surface area contributed by atoms with E-state index in [0.29, 0.717) is 6.54 Å². The van der Waals surface area contributed by atoms with Crippen LogP contribution in [-0.2, 0) is 0 Å². The molecule has 2 aliphatic heterocycles. The zero-order valence-corrected chi connectivity index (χ0v) is 14.2. The van der Waals surface area contributed by atoms with Gasteiger partial charge in [0.05, 0.1) is 12.3 Å². The molecule has 0 bridgehead atoms. The van der Waals surface area contributed by atoms with Crippen LogP contribution in [0.15, 0.2) is 42.5 Å². The predicted molar refractivity (Wildman–Crippen MR) is 94.3 cm³/mol. The number of amides is 2. The third kappa shape index (κ3) is 2.55. The van der Waals surface area contributed by atoms with Gasteiger partial charge in [-0.3, -0.25) is 9.80 Å². The first-order valence-electron chi connectivity index (χ1n) is 8.46. The fraction of sp³-hybridized carbons (Fsp3) is 0.316. The Balaban J connectivity index is 1.65. The lowest BCUT2D eigenvalue weighted by molar-refractivity contribution is -0.0202. The quantitative estimate of drug-likeness (QED) is 0.867. The summed E-state index contributed by atoms with van der Waals surface area (Å²) in [5, 5.41) is 12.1. The van der Waals surface area contributed by atoms with E-state index in [1.54, 1.807) is 4.90 Å². The Kier molecular flexibility index (Phi) is 4.13. The number of rotatable bonds is 2. The van der Waals surface area contributed by atoms with Crippen LogP contribution in [-0.4, -0.2) is 48.3 Å². The standard InChI is InChI=1S/C19H19F2N3O2/c1-23-16-9-24(19(26)22-14-8-11(20)6-7-13(14)21)15-5-3-2-4-12(15)18(16)17(23)10-25/h2-8,16-18,25H,9-10H2,1H3,(H,22,26)/t16-,17-,18+/m0/s1. The first-order valence-corrected chi connectivity index (χ1v) is 8.46. The number of benzene rings is 2. The number of halogens is 2. The van der Waals surface area contributed by atoms with Crippen molar-refractivity contribution in [3.63, 3.8) is 0 Å². The Morgan fingerprint density at radius 3 is 2.81 bits per heavy atom. The van der Waals surface area contributed by atoms with E-state index >= 15 is 0 Å². The van der Waals surface area contributed by atoms with Crippen LogP contribution in [0.25, 0.3) is 0 Å². The average Bonchev–Trinajstić information content (AvgIpc) is 2.64. The van der Waals surface area contributed by atoms with Gasteiger partial charge in [-0.2, -0.15) is 0 Å². The van der Waals surface area contributed by atoms with Crippen LogP contribution in [0.2, 0.25) is 0 Å². The summed E-state index contributed by atoms with van der Waals surface area (Å²) in [4.78, 5) is 16.4. The molecule has 5 nitrogen and oxygen atoms in total. The van der Waals surface area contributed by atoms with Crippen molar-refractivity contribution in [2.24, 2.45) is 0 Å². The number of nitrogens with zero attached hydrogens (tertiary/aromatic N) is 2. The zero-order valence-electron chi connectivity index (χ0n) is 14.2. The van der Waals surface area contributed by atoms with Crippen molar-refractivity contribution in [3.8, 4) is 0 Å². The number of anilines is 2. The molecule has 0 unspecified atom stereocenters. The number of hydrogen-bond acceptors (Lipinski definition) is 3. The van der Waals surface area contributed by atoms with Gasteiger partial charge >= 0.3 is 6.03 Å². The van der Waals surface area contributed by atoms with Gasteiger partial charge in [-0.15, -0.1) is 0 Å². The molecular formula is C19H19F2N3O2. The summed E-state index contributed by atoms with van der Waals surface area (Å²) in [6.45, 7) is 0.462. The minimum absolute atomic E-state index is 0.0204. The number of urea groups is 1. The molecule has 1 fully saturated rings. The number of aliphatic hydroxyl groups excluding tert-OH is 1. The maximum atomic E-state index is 13.9. The molecule has 0 aromatic heterocycles. The van der Waals surface area contributed by atoms with Crippen LogP contribution in [0.1, 0.15) is 11.5 Å². The van der Waals surface area contributed by atoms with Crippen LogP contribution < -0.4 is 10.2 Å². The maximum Gasteiger partial charge on any atom is 0.326 e. The lowest BCUT2D eigenvalue weighted by atomic mass is 9.72. The van der Waals surface area contributed by atoms with Crippen LogP contribution in [0.4, 0.5) is 25.0 Å². The van der Waals surface area contributed by atoms with E-state index in [1.165, 1.54) is 0 Å². The smallest absolute Gasteiger partial charge is 0.326 e. The van der Waals surface area contributed by atoms with Gasteiger partial charge in [0.2, 0.25) is 0 Å². The Bertz CT molecular complexity index is 860. The highest BCUT2D eigenvalue weighted by Crippen LogP contribution is 2.47. The molecule has 2 aliphatic rings. The molecule has 4 rings (SSSR count). The largest absolute Gasteiger partial charge is 0.395 e. The van der Waals surface area contributed by atoms with Crippen molar-refractivity contribution in [1.82, 2.24) is 4.90 Å². The molecular weight excluding hydrogens is 340 g/mol. The summed E-state index contributed by atoms with van der Waals surface area (Å²) in [5.74, 6) is -1.16. The molecule has 0 spiro atoms. The third-order valence-corrected chi connectivity index (χ3v) is 5.43. The first kappa shape index (κ1) is 16.9. The number of fused-ring (bicyclic) bond motifs is 3. The molecule has 2 N–H and O–H groups in total. The second-order valence-corrected chi connectivity index (χ2v) is 6.73. The molecule has 0 saturated carbocycles. The van der Waals surface area contributed by atoms with E-state index in [1.807, 2.05) is 36.2 Å². The van der Waals surface area contributed by atoms with Crippen LogP contribution in [0.3, 0.4) is 0 Å². The second-order valence-electron chi connectivity index (χ2n) is 6.73. The van der Waals surface area contributed by atoms with E-state index in [2.05, 4.69) is 5.32 Å².